The molecule has 114 valence electrons. The van der Waals surface area contributed by atoms with Crippen molar-refractivity contribution in [3.8, 4) is 0 Å². The van der Waals surface area contributed by atoms with Crippen LogP contribution in [0.4, 0.5) is 0 Å². The highest BCUT2D eigenvalue weighted by Gasteiger charge is 2.49. The first-order chi connectivity index (χ1) is 10.6. The molecule has 3 aliphatic carbocycles. The molecule has 0 unspecified atom stereocenters. The minimum absolute atomic E-state index is 0.296. The summed E-state index contributed by atoms with van der Waals surface area (Å²) in [5, 5.41) is 0.641. The molecule has 0 spiro atoms. The maximum absolute atomic E-state index is 12.6. The van der Waals surface area contributed by atoms with Crippen LogP contribution in [0.15, 0.2) is 24.3 Å². The van der Waals surface area contributed by atoms with Gasteiger partial charge in [0.25, 0.3) is 11.8 Å². The Kier molecular flexibility index (Phi) is 2.86. The summed E-state index contributed by atoms with van der Waals surface area (Å²) in [4.78, 5) is 42.4. The van der Waals surface area contributed by atoms with E-state index in [1.54, 1.807) is 24.3 Å². The number of amides is 2. The van der Waals surface area contributed by atoms with Crippen molar-refractivity contribution < 1.29 is 19.2 Å². The second-order valence-corrected chi connectivity index (χ2v) is 6.59. The fourth-order valence-corrected chi connectivity index (χ4v) is 3.99. The lowest BCUT2D eigenvalue weighted by molar-refractivity contribution is -0.187. The zero-order valence-electron chi connectivity index (χ0n) is 12.2. The fraction of sp³-hybridized carbons (Fsp3) is 0.471. The Morgan fingerprint density at radius 2 is 1.50 bits per heavy atom. The van der Waals surface area contributed by atoms with Crippen LogP contribution in [-0.4, -0.2) is 22.8 Å². The first-order valence-electron chi connectivity index (χ1n) is 7.81. The molecule has 1 heterocycles. The third kappa shape index (κ3) is 1.81. The summed E-state index contributed by atoms with van der Waals surface area (Å²) in [6, 6.07) is 6.54. The zero-order chi connectivity index (χ0) is 15.3. The maximum atomic E-state index is 12.6. The number of hydrogen-bond acceptors (Lipinski definition) is 4. The van der Waals surface area contributed by atoms with Crippen LogP contribution >= 0.6 is 0 Å². The lowest BCUT2D eigenvalue weighted by Crippen LogP contribution is -2.45. The van der Waals surface area contributed by atoms with Crippen molar-refractivity contribution >= 4 is 17.8 Å². The molecule has 0 aromatic heterocycles. The second-order valence-electron chi connectivity index (χ2n) is 6.59. The predicted octanol–water partition coefficient (Wildman–Crippen LogP) is 2.71. The van der Waals surface area contributed by atoms with E-state index in [4.69, 9.17) is 4.84 Å². The summed E-state index contributed by atoms with van der Waals surface area (Å²) in [5.41, 5.74) is 0.0969. The van der Waals surface area contributed by atoms with Gasteiger partial charge in [-0.3, -0.25) is 9.59 Å². The van der Waals surface area contributed by atoms with Crippen molar-refractivity contribution in [2.75, 3.05) is 0 Å². The molecular formula is C17H17NO4. The van der Waals surface area contributed by atoms with E-state index in [9.17, 15) is 14.4 Å². The Bertz CT molecular complexity index is 624. The number of nitrogens with zero attached hydrogens (tertiary/aromatic N) is 1. The maximum Gasteiger partial charge on any atom is 0.339 e. The molecule has 0 radical (unpaired) electrons. The Hall–Kier alpha value is -2.17. The summed E-state index contributed by atoms with van der Waals surface area (Å²) >= 11 is 0. The first-order valence-corrected chi connectivity index (χ1v) is 7.81. The van der Waals surface area contributed by atoms with Gasteiger partial charge in [-0.25, -0.2) is 4.79 Å². The van der Waals surface area contributed by atoms with Gasteiger partial charge in [-0.05, 0) is 56.6 Å². The zero-order valence-corrected chi connectivity index (χ0v) is 12.2. The van der Waals surface area contributed by atoms with E-state index < -0.39 is 23.2 Å². The molecular weight excluding hydrogens is 282 g/mol. The van der Waals surface area contributed by atoms with Crippen LogP contribution < -0.4 is 0 Å². The number of carbonyl (C=O) groups is 3. The average molecular weight is 299 g/mol. The molecule has 4 aliphatic rings. The molecule has 3 fully saturated rings. The van der Waals surface area contributed by atoms with Gasteiger partial charge in [0.2, 0.25) is 0 Å². The SMILES string of the molecule is O=C1c2ccccc2C(=O)N1OC(=O)C12CCC(CC1)CC2. The average Bonchev–Trinajstić information content (AvgIpc) is 2.82. The third-order valence-corrected chi connectivity index (χ3v) is 5.46. The Balaban J connectivity index is 1.56. The van der Waals surface area contributed by atoms with Crippen LogP contribution in [0.1, 0.15) is 59.2 Å². The largest absolute Gasteiger partial charge is 0.339 e. The lowest BCUT2D eigenvalue weighted by Gasteiger charge is -2.44. The topological polar surface area (TPSA) is 63.7 Å². The van der Waals surface area contributed by atoms with Crippen LogP contribution in [0, 0.1) is 11.3 Å². The molecule has 1 aromatic carbocycles. The number of fused-ring (bicyclic) bond motifs is 4. The van der Waals surface area contributed by atoms with E-state index >= 15 is 0 Å². The van der Waals surface area contributed by atoms with Gasteiger partial charge in [-0.2, -0.15) is 0 Å². The highest BCUT2D eigenvalue weighted by Crippen LogP contribution is 2.51. The molecule has 22 heavy (non-hydrogen) atoms. The molecule has 0 N–H and O–H groups in total. The van der Waals surface area contributed by atoms with Crippen molar-refractivity contribution in [1.82, 2.24) is 5.06 Å². The standard InChI is InChI=1S/C17H17NO4/c19-14-12-3-1-2-4-13(12)15(20)18(14)22-16(21)17-8-5-11(6-9-17)7-10-17/h1-4,11H,5-10H2. The fourth-order valence-electron chi connectivity index (χ4n) is 3.99. The van der Waals surface area contributed by atoms with Gasteiger partial charge >= 0.3 is 5.97 Å². The third-order valence-electron chi connectivity index (χ3n) is 5.46. The predicted molar refractivity (Wildman–Crippen MR) is 76.7 cm³/mol. The molecule has 1 aliphatic heterocycles. The van der Waals surface area contributed by atoms with E-state index in [-0.39, 0.29) is 0 Å². The van der Waals surface area contributed by atoms with E-state index in [0.29, 0.717) is 16.2 Å². The number of hydrogen-bond donors (Lipinski definition) is 0. The van der Waals surface area contributed by atoms with Gasteiger partial charge in [-0.1, -0.05) is 17.2 Å². The summed E-state index contributed by atoms with van der Waals surface area (Å²) in [6.07, 6.45) is 5.53. The molecule has 2 bridgehead atoms. The Morgan fingerprint density at radius 3 is 2.00 bits per heavy atom. The van der Waals surface area contributed by atoms with Gasteiger partial charge in [0.05, 0.1) is 16.5 Å². The number of rotatable bonds is 2. The van der Waals surface area contributed by atoms with E-state index in [0.717, 1.165) is 44.4 Å². The highest BCUT2D eigenvalue weighted by molar-refractivity contribution is 6.20. The van der Waals surface area contributed by atoms with Crippen LogP contribution in [0.3, 0.4) is 0 Å². The summed E-state index contributed by atoms with van der Waals surface area (Å²) < 4.78 is 0. The van der Waals surface area contributed by atoms with Crippen LogP contribution in [0.2, 0.25) is 0 Å². The summed E-state index contributed by atoms with van der Waals surface area (Å²) in [7, 11) is 0. The molecule has 1 aromatic rings. The van der Waals surface area contributed by atoms with Crippen LogP contribution in [0.5, 0.6) is 0 Å². The van der Waals surface area contributed by atoms with Gasteiger partial charge in [0.1, 0.15) is 0 Å². The van der Waals surface area contributed by atoms with E-state index in [1.807, 2.05) is 0 Å². The minimum Gasteiger partial charge on any atom is -0.329 e. The second kappa shape index (κ2) is 4.66. The molecule has 5 nitrogen and oxygen atoms in total. The van der Waals surface area contributed by atoms with Gasteiger partial charge in [0.15, 0.2) is 0 Å². The van der Waals surface area contributed by atoms with Crippen molar-refractivity contribution in [2.45, 2.75) is 38.5 Å². The van der Waals surface area contributed by atoms with Crippen molar-refractivity contribution in [3.63, 3.8) is 0 Å². The molecule has 3 saturated carbocycles. The highest BCUT2D eigenvalue weighted by atomic mass is 16.7. The summed E-state index contributed by atoms with van der Waals surface area (Å²) in [5.74, 6) is -0.779. The monoisotopic (exact) mass is 299 g/mol. The van der Waals surface area contributed by atoms with E-state index in [1.165, 1.54) is 0 Å². The van der Waals surface area contributed by atoms with Gasteiger partial charge < -0.3 is 4.84 Å². The number of imide groups is 1. The Morgan fingerprint density at radius 1 is 1.00 bits per heavy atom. The molecule has 0 atom stereocenters. The number of benzene rings is 1. The van der Waals surface area contributed by atoms with Gasteiger partial charge in [0, 0.05) is 0 Å². The lowest BCUT2D eigenvalue weighted by atomic mass is 9.61. The Labute approximate surface area is 128 Å². The van der Waals surface area contributed by atoms with E-state index in [2.05, 4.69) is 0 Å². The molecule has 5 rings (SSSR count). The number of hydroxylamine groups is 2. The molecule has 2 amide bonds. The van der Waals surface area contributed by atoms with Crippen LogP contribution in [0.25, 0.3) is 0 Å². The van der Waals surface area contributed by atoms with Crippen LogP contribution in [-0.2, 0) is 9.63 Å². The minimum atomic E-state index is -0.546. The van der Waals surface area contributed by atoms with Crippen molar-refractivity contribution in [3.05, 3.63) is 35.4 Å². The smallest absolute Gasteiger partial charge is 0.329 e. The number of carbonyl (C=O) groups excluding carboxylic acids is 3. The van der Waals surface area contributed by atoms with Gasteiger partial charge in [-0.15, -0.1) is 0 Å². The van der Waals surface area contributed by atoms with Crippen molar-refractivity contribution in [1.29, 1.82) is 0 Å². The summed E-state index contributed by atoms with van der Waals surface area (Å²) in [6.45, 7) is 0. The molecule has 0 saturated heterocycles. The first kappa shape index (κ1) is 13.5. The quantitative estimate of drug-likeness (QED) is 0.788. The molecule has 5 heteroatoms. The van der Waals surface area contributed by atoms with Crippen molar-refractivity contribution in [2.24, 2.45) is 11.3 Å². The normalized spacial score (nSPS) is 29.6.